The number of aryl methyl sites for hydroxylation is 1. The van der Waals surface area contributed by atoms with E-state index in [2.05, 4.69) is 16.5 Å². The Bertz CT molecular complexity index is 225. The van der Waals surface area contributed by atoms with Gasteiger partial charge in [-0.25, -0.2) is 0 Å². The topological polar surface area (TPSA) is 29.9 Å². The molecule has 1 unspecified atom stereocenters. The van der Waals surface area contributed by atoms with Gasteiger partial charge in [0.2, 0.25) is 0 Å². The Labute approximate surface area is 60.0 Å². The van der Waals surface area contributed by atoms with Crippen molar-refractivity contribution in [2.45, 2.75) is 12.5 Å². The molecule has 1 aromatic rings. The van der Waals surface area contributed by atoms with Gasteiger partial charge in [-0.2, -0.15) is 5.10 Å². The monoisotopic (exact) mass is 137 g/mol. The van der Waals surface area contributed by atoms with Crippen molar-refractivity contribution in [3.8, 4) is 0 Å². The standard InChI is InChI=1S/C7H11N3/c1-10-5-3-7(9-10)6-2-4-8-6/h3,5-6,8H,2,4H2,1H3. The van der Waals surface area contributed by atoms with Crippen LogP contribution in [0.5, 0.6) is 0 Å². The Balaban J connectivity index is 2.17. The van der Waals surface area contributed by atoms with E-state index in [-0.39, 0.29) is 0 Å². The van der Waals surface area contributed by atoms with Crippen molar-refractivity contribution in [3.05, 3.63) is 18.0 Å². The van der Waals surface area contributed by atoms with E-state index in [4.69, 9.17) is 0 Å². The third-order valence-corrected chi connectivity index (χ3v) is 1.92. The van der Waals surface area contributed by atoms with Crippen molar-refractivity contribution in [1.82, 2.24) is 15.1 Å². The van der Waals surface area contributed by atoms with Crippen LogP contribution >= 0.6 is 0 Å². The fraction of sp³-hybridized carbons (Fsp3) is 0.571. The molecular weight excluding hydrogens is 126 g/mol. The molecule has 3 heteroatoms. The largest absolute Gasteiger partial charge is 0.308 e. The van der Waals surface area contributed by atoms with Crippen LogP contribution in [0.15, 0.2) is 12.3 Å². The van der Waals surface area contributed by atoms with E-state index >= 15 is 0 Å². The Kier molecular flexibility index (Phi) is 1.24. The van der Waals surface area contributed by atoms with Crippen LogP contribution in [0.1, 0.15) is 18.2 Å². The van der Waals surface area contributed by atoms with Crippen molar-refractivity contribution in [1.29, 1.82) is 0 Å². The quantitative estimate of drug-likeness (QED) is 0.609. The molecule has 54 valence electrons. The van der Waals surface area contributed by atoms with Crippen LogP contribution in [0.3, 0.4) is 0 Å². The number of aromatic nitrogens is 2. The summed E-state index contributed by atoms with van der Waals surface area (Å²) in [6, 6.07) is 2.60. The van der Waals surface area contributed by atoms with Crippen LogP contribution in [-0.4, -0.2) is 16.3 Å². The molecule has 1 aliphatic heterocycles. The van der Waals surface area contributed by atoms with Crippen LogP contribution in [-0.2, 0) is 7.05 Å². The lowest BCUT2D eigenvalue weighted by Crippen LogP contribution is -2.35. The molecule has 1 aliphatic rings. The summed E-state index contributed by atoms with van der Waals surface area (Å²) < 4.78 is 1.84. The van der Waals surface area contributed by atoms with Crippen LogP contribution in [0, 0.1) is 0 Å². The average Bonchev–Trinajstić information content (AvgIpc) is 2.10. The lowest BCUT2D eigenvalue weighted by atomic mass is 10.0. The maximum atomic E-state index is 4.29. The summed E-state index contributed by atoms with van der Waals surface area (Å²) >= 11 is 0. The molecule has 2 heterocycles. The lowest BCUT2D eigenvalue weighted by molar-refractivity contribution is 0.372. The molecule has 1 N–H and O–H groups in total. The summed E-state index contributed by atoms with van der Waals surface area (Å²) in [6.07, 6.45) is 3.21. The first-order valence-electron chi connectivity index (χ1n) is 3.59. The van der Waals surface area contributed by atoms with Gasteiger partial charge in [0, 0.05) is 13.2 Å². The molecule has 2 rings (SSSR count). The fourth-order valence-electron chi connectivity index (χ4n) is 1.16. The molecular formula is C7H11N3. The summed E-state index contributed by atoms with van der Waals surface area (Å²) in [5.41, 5.74) is 1.17. The second-order valence-corrected chi connectivity index (χ2v) is 2.71. The third-order valence-electron chi connectivity index (χ3n) is 1.92. The molecule has 1 fully saturated rings. The molecule has 0 radical (unpaired) electrons. The number of rotatable bonds is 1. The maximum absolute atomic E-state index is 4.29. The second kappa shape index (κ2) is 2.09. The number of hydrogen-bond donors (Lipinski definition) is 1. The highest BCUT2D eigenvalue weighted by Crippen LogP contribution is 2.19. The molecule has 10 heavy (non-hydrogen) atoms. The average molecular weight is 137 g/mol. The van der Waals surface area contributed by atoms with Gasteiger partial charge in [-0.15, -0.1) is 0 Å². The van der Waals surface area contributed by atoms with Crippen molar-refractivity contribution in [2.75, 3.05) is 6.54 Å². The van der Waals surface area contributed by atoms with Gasteiger partial charge >= 0.3 is 0 Å². The van der Waals surface area contributed by atoms with Crippen molar-refractivity contribution in [3.63, 3.8) is 0 Å². The second-order valence-electron chi connectivity index (χ2n) is 2.71. The summed E-state index contributed by atoms with van der Waals surface area (Å²) in [5.74, 6) is 0. The predicted octanol–water partition coefficient (Wildman–Crippen LogP) is 0.454. The van der Waals surface area contributed by atoms with Gasteiger partial charge in [0.05, 0.1) is 11.7 Å². The molecule has 0 amide bonds. The molecule has 0 aliphatic carbocycles. The highest BCUT2D eigenvalue weighted by atomic mass is 15.3. The first-order valence-corrected chi connectivity index (χ1v) is 3.59. The zero-order valence-corrected chi connectivity index (χ0v) is 6.04. The summed E-state index contributed by atoms with van der Waals surface area (Å²) in [7, 11) is 1.95. The zero-order chi connectivity index (χ0) is 6.97. The molecule has 1 atom stereocenters. The molecule has 3 nitrogen and oxygen atoms in total. The van der Waals surface area contributed by atoms with E-state index in [0.717, 1.165) is 6.54 Å². The molecule has 1 saturated heterocycles. The van der Waals surface area contributed by atoms with Crippen molar-refractivity contribution in [2.24, 2.45) is 7.05 Å². The first kappa shape index (κ1) is 5.92. The summed E-state index contributed by atoms with van der Waals surface area (Å²) in [5, 5.41) is 7.59. The van der Waals surface area contributed by atoms with E-state index in [1.807, 2.05) is 17.9 Å². The van der Waals surface area contributed by atoms with Gasteiger partial charge in [-0.1, -0.05) is 0 Å². The van der Waals surface area contributed by atoms with Crippen LogP contribution < -0.4 is 5.32 Å². The van der Waals surface area contributed by atoms with Gasteiger partial charge in [0.15, 0.2) is 0 Å². The number of hydrogen-bond acceptors (Lipinski definition) is 2. The van der Waals surface area contributed by atoms with E-state index in [9.17, 15) is 0 Å². The minimum atomic E-state index is 0.529. The lowest BCUT2D eigenvalue weighted by Gasteiger charge is -2.25. The van der Waals surface area contributed by atoms with Crippen molar-refractivity contribution >= 4 is 0 Å². The third kappa shape index (κ3) is 0.827. The molecule has 0 spiro atoms. The van der Waals surface area contributed by atoms with Crippen LogP contribution in [0.4, 0.5) is 0 Å². The maximum Gasteiger partial charge on any atom is 0.0794 e. The Morgan fingerprint density at radius 3 is 3.00 bits per heavy atom. The van der Waals surface area contributed by atoms with Gasteiger partial charge in [0.1, 0.15) is 0 Å². The highest BCUT2D eigenvalue weighted by Gasteiger charge is 2.19. The van der Waals surface area contributed by atoms with Crippen molar-refractivity contribution < 1.29 is 0 Å². The van der Waals surface area contributed by atoms with E-state index in [1.165, 1.54) is 12.1 Å². The zero-order valence-electron chi connectivity index (χ0n) is 6.04. The number of nitrogens with one attached hydrogen (secondary N) is 1. The minimum absolute atomic E-state index is 0.529. The predicted molar refractivity (Wildman–Crippen MR) is 38.6 cm³/mol. The fourth-order valence-corrected chi connectivity index (χ4v) is 1.16. The SMILES string of the molecule is Cn1ccc(C2CCN2)n1. The van der Waals surface area contributed by atoms with E-state index in [0.29, 0.717) is 6.04 Å². The van der Waals surface area contributed by atoms with Gasteiger partial charge in [0.25, 0.3) is 0 Å². The molecule has 0 aromatic carbocycles. The highest BCUT2D eigenvalue weighted by molar-refractivity contribution is 5.08. The van der Waals surface area contributed by atoms with Crippen LogP contribution in [0.2, 0.25) is 0 Å². The summed E-state index contributed by atoms with van der Waals surface area (Å²) in [4.78, 5) is 0. The normalized spacial score (nSPS) is 24.3. The van der Waals surface area contributed by atoms with Gasteiger partial charge < -0.3 is 5.32 Å². The molecule has 0 bridgehead atoms. The Morgan fingerprint density at radius 1 is 1.80 bits per heavy atom. The van der Waals surface area contributed by atoms with E-state index in [1.54, 1.807) is 0 Å². The number of nitrogens with zero attached hydrogens (tertiary/aromatic N) is 2. The minimum Gasteiger partial charge on any atom is -0.308 e. The van der Waals surface area contributed by atoms with E-state index < -0.39 is 0 Å². The van der Waals surface area contributed by atoms with Crippen LogP contribution in [0.25, 0.3) is 0 Å². The first-order chi connectivity index (χ1) is 4.86. The Morgan fingerprint density at radius 2 is 2.60 bits per heavy atom. The smallest absolute Gasteiger partial charge is 0.0794 e. The molecule has 0 saturated carbocycles. The summed E-state index contributed by atoms with van der Waals surface area (Å²) in [6.45, 7) is 1.14. The van der Waals surface area contributed by atoms with Gasteiger partial charge in [-0.05, 0) is 19.0 Å². The Hall–Kier alpha value is -0.830. The van der Waals surface area contributed by atoms with Gasteiger partial charge in [-0.3, -0.25) is 4.68 Å². The molecule has 1 aromatic heterocycles.